The number of fused-ring (bicyclic) bond motifs is 1. The molecular weight excluding hydrogens is 370 g/mol. The van der Waals surface area contributed by atoms with E-state index >= 15 is 0 Å². The molecule has 1 aliphatic rings. The van der Waals surface area contributed by atoms with E-state index in [1.807, 2.05) is 74.0 Å². The van der Waals surface area contributed by atoms with Crippen molar-refractivity contribution in [2.24, 2.45) is 0 Å². The standard InChI is InChI=1S/C21H23N5OS/c1-4-17-23-24-21-26(17)25-18(15-8-6-5-7-9-15)19(28-21)20(27)22-16-12-13(2)10-11-14(16)3/h5-12,18-19,25H,4H2,1-3H3,(H,22,27)/t18-,19-/m1/s1. The van der Waals surface area contributed by atoms with E-state index in [1.54, 1.807) is 0 Å². The lowest BCUT2D eigenvalue weighted by Crippen LogP contribution is -2.41. The van der Waals surface area contributed by atoms with Gasteiger partial charge in [0.05, 0.1) is 6.04 Å². The molecule has 0 aliphatic carbocycles. The van der Waals surface area contributed by atoms with Crippen LogP contribution in [0.4, 0.5) is 5.69 Å². The number of carbonyl (C=O) groups is 1. The highest BCUT2D eigenvalue weighted by Gasteiger charge is 2.37. The SMILES string of the molecule is CCc1nnc2n1N[C@H](c1ccccc1)[C@H](C(=O)Nc1cc(C)ccc1C)S2. The molecule has 0 saturated carbocycles. The van der Waals surface area contributed by atoms with Crippen LogP contribution in [0.1, 0.15) is 35.5 Å². The number of amides is 1. The van der Waals surface area contributed by atoms with Crippen LogP contribution in [0, 0.1) is 13.8 Å². The largest absolute Gasteiger partial charge is 0.325 e. The lowest BCUT2D eigenvalue weighted by Gasteiger charge is -2.33. The molecule has 144 valence electrons. The van der Waals surface area contributed by atoms with Crippen molar-refractivity contribution in [1.29, 1.82) is 0 Å². The second-order valence-electron chi connectivity index (χ2n) is 6.95. The van der Waals surface area contributed by atoms with Crippen LogP contribution in [-0.4, -0.2) is 26.0 Å². The molecule has 0 saturated heterocycles. The van der Waals surface area contributed by atoms with E-state index in [0.29, 0.717) is 5.16 Å². The zero-order valence-electron chi connectivity index (χ0n) is 16.1. The summed E-state index contributed by atoms with van der Waals surface area (Å²) >= 11 is 1.45. The van der Waals surface area contributed by atoms with Gasteiger partial charge in [0.15, 0.2) is 5.82 Å². The number of nitrogens with zero attached hydrogens (tertiary/aromatic N) is 3. The quantitative estimate of drug-likeness (QED) is 0.704. The van der Waals surface area contributed by atoms with E-state index in [4.69, 9.17) is 0 Å². The van der Waals surface area contributed by atoms with Crippen molar-refractivity contribution in [1.82, 2.24) is 14.9 Å². The normalized spacial score (nSPS) is 18.2. The van der Waals surface area contributed by atoms with Gasteiger partial charge in [0.2, 0.25) is 11.1 Å². The zero-order chi connectivity index (χ0) is 19.7. The number of aromatic nitrogens is 3. The van der Waals surface area contributed by atoms with E-state index in [9.17, 15) is 4.79 Å². The topological polar surface area (TPSA) is 71.8 Å². The minimum atomic E-state index is -0.372. The number of anilines is 1. The average Bonchev–Trinajstić information content (AvgIpc) is 3.12. The molecule has 0 spiro atoms. The highest BCUT2D eigenvalue weighted by molar-refractivity contribution is 8.00. The summed E-state index contributed by atoms with van der Waals surface area (Å²) in [5.74, 6) is 0.809. The maximum atomic E-state index is 13.3. The van der Waals surface area contributed by atoms with Gasteiger partial charge in [0.25, 0.3) is 0 Å². The summed E-state index contributed by atoms with van der Waals surface area (Å²) in [4.78, 5) is 13.3. The van der Waals surface area contributed by atoms with E-state index in [2.05, 4.69) is 20.9 Å². The Labute approximate surface area is 168 Å². The predicted octanol–water partition coefficient (Wildman–Crippen LogP) is 3.86. The van der Waals surface area contributed by atoms with Crippen molar-refractivity contribution < 1.29 is 4.79 Å². The van der Waals surface area contributed by atoms with Gasteiger partial charge in [0, 0.05) is 12.1 Å². The summed E-state index contributed by atoms with van der Waals surface area (Å²) in [6.45, 7) is 6.06. The van der Waals surface area contributed by atoms with Crippen LogP contribution in [-0.2, 0) is 11.2 Å². The molecule has 1 aromatic heterocycles. The van der Waals surface area contributed by atoms with Crippen molar-refractivity contribution in [3.63, 3.8) is 0 Å². The first-order chi connectivity index (χ1) is 13.6. The van der Waals surface area contributed by atoms with Crippen molar-refractivity contribution in [2.75, 3.05) is 10.7 Å². The summed E-state index contributed by atoms with van der Waals surface area (Å²) in [5.41, 5.74) is 7.52. The van der Waals surface area contributed by atoms with E-state index in [0.717, 1.165) is 34.6 Å². The summed E-state index contributed by atoms with van der Waals surface area (Å²) < 4.78 is 1.91. The predicted molar refractivity (Wildman–Crippen MR) is 112 cm³/mol. The van der Waals surface area contributed by atoms with Crippen molar-refractivity contribution in [3.8, 4) is 0 Å². The number of hydrogen-bond acceptors (Lipinski definition) is 5. The highest BCUT2D eigenvalue weighted by atomic mass is 32.2. The van der Waals surface area contributed by atoms with Gasteiger partial charge in [-0.3, -0.25) is 4.79 Å². The Kier molecular flexibility index (Phi) is 5.09. The monoisotopic (exact) mass is 393 g/mol. The Bertz CT molecular complexity index is 1000. The number of thioether (sulfide) groups is 1. The van der Waals surface area contributed by atoms with Crippen LogP contribution in [0.5, 0.6) is 0 Å². The van der Waals surface area contributed by atoms with Crippen LogP contribution in [0.2, 0.25) is 0 Å². The molecule has 28 heavy (non-hydrogen) atoms. The van der Waals surface area contributed by atoms with E-state index < -0.39 is 0 Å². The first-order valence-electron chi connectivity index (χ1n) is 9.37. The fraction of sp³-hybridized carbons (Fsp3) is 0.286. The average molecular weight is 394 g/mol. The molecule has 2 heterocycles. The number of rotatable bonds is 4. The fourth-order valence-electron chi connectivity index (χ4n) is 3.31. The first-order valence-corrected chi connectivity index (χ1v) is 10.3. The third kappa shape index (κ3) is 3.49. The van der Waals surface area contributed by atoms with Gasteiger partial charge < -0.3 is 10.7 Å². The van der Waals surface area contributed by atoms with Crippen LogP contribution >= 0.6 is 11.8 Å². The van der Waals surface area contributed by atoms with Gasteiger partial charge in [-0.15, -0.1) is 10.2 Å². The summed E-state index contributed by atoms with van der Waals surface area (Å²) in [6, 6.07) is 15.9. The smallest absolute Gasteiger partial charge is 0.240 e. The fourth-order valence-corrected chi connectivity index (χ4v) is 4.41. The molecule has 0 unspecified atom stereocenters. The van der Waals surface area contributed by atoms with Gasteiger partial charge in [-0.1, -0.05) is 61.2 Å². The second-order valence-corrected chi connectivity index (χ2v) is 8.06. The van der Waals surface area contributed by atoms with Crippen LogP contribution in [0.25, 0.3) is 0 Å². The molecule has 2 atom stereocenters. The van der Waals surface area contributed by atoms with Crippen LogP contribution in [0.3, 0.4) is 0 Å². The van der Waals surface area contributed by atoms with E-state index in [-0.39, 0.29) is 17.2 Å². The third-order valence-electron chi connectivity index (χ3n) is 4.89. The van der Waals surface area contributed by atoms with Gasteiger partial charge in [-0.05, 0) is 36.6 Å². The molecule has 2 N–H and O–H groups in total. The van der Waals surface area contributed by atoms with E-state index in [1.165, 1.54) is 11.8 Å². The number of benzene rings is 2. The van der Waals surface area contributed by atoms with Gasteiger partial charge in [0.1, 0.15) is 5.25 Å². The molecule has 2 aromatic carbocycles. The Hall–Kier alpha value is -2.80. The lowest BCUT2D eigenvalue weighted by atomic mass is 10.0. The molecule has 0 radical (unpaired) electrons. The number of nitrogens with one attached hydrogen (secondary N) is 2. The van der Waals surface area contributed by atoms with Gasteiger partial charge in [-0.2, -0.15) is 0 Å². The molecular formula is C21H23N5OS. The summed E-state index contributed by atoms with van der Waals surface area (Å²) in [5, 5.41) is 12.0. The maximum absolute atomic E-state index is 13.3. The van der Waals surface area contributed by atoms with Crippen molar-refractivity contribution in [3.05, 3.63) is 71.0 Å². The molecule has 4 rings (SSSR count). The minimum absolute atomic E-state index is 0.0487. The highest BCUT2D eigenvalue weighted by Crippen LogP contribution is 2.37. The Balaban J connectivity index is 1.68. The number of aryl methyl sites for hydroxylation is 3. The minimum Gasteiger partial charge on any atom is -0.325 e. The maximum Gasteiger partial charge on any atom is 0.240 e. The Morgan fingerprint density at radius 3 is 2.71 bits per heavy atom. The summed E-state index contributed by atoms with van der Waals surface area (Å²) in [6.07, 6.45) is 0.765. The number of carbonyl (C=O) groups excluding carboxylic acids is 1. The molecule has 0 fully saturated rings. The third-order valence-corrected chi connectivity index (χ3v) is 6.10. The second kappa shape index (κ2) is 7.67. The summed E-state index contributed by atoms with van der Waals surface area (Å²) in [7, 11) is 0. The molecule has 1 amide bonds. The van der Waals surface area contributed by atoms with Crippen molar-refractivity contribution >= 4 is 23.4 Å². The Morgan fingerprint density at radius 1 is 1.18 bits per heavy atom. The first kappa shape index (κ1) is 18.6. The molecule has 7 heteroatoms. The zero-order valence-corrected chi connectivity index (χ0v) is 17.0. The molecule has 0 bridgehead atoms. The van der Waals surface area contributed by atoms with Crippen LogP contribution in [0.15, 0.2) is 53.7 Å². The van der Waals surface area contributed by atoms with Crippen LogP contribution < -0.4 is 10.7 Å². The molecule has 1 aliphatic heterocycles. The van der Waals surface area contributed by atoms with Gasteiger partial charge in [-0.25, -0.2) is 4.68 Å². The molecule has 3 aromatic rings. The van der Waals surface area contributed by atoms with Crippen molar-refractivity contribution in [2.45, 2.75) is 43.6 Å². The number of hydrogen-bond donors (Lipinski definition) is 2. The Morgan fingerprint density at radius 2 is 1.96 bits per heavy atom. The van der Waals surface area contributed by atoms with Gasteiger partial charge >= 0.3 is 0 Å². The lowest BCUT2D eigenvalue weighted by molar-refractivity contribution is -0.116. The molecule has 6 nitrogen and oxygen atoms in total.